The topological polar surface area (TPSA) is 52.9 Å². The first-order chi connectivity index (χ1) is 9.10. The average molecular weight is 315 g/mol. The fourth-order valence-electron chi connectivity index (χ4n) is 1.63. The molecule has 0 aromatic heterocycles. The molecule has 0 bridgehead atoms. The van der Waals surface area contributed by atoms with Gasteiger partial charge in [0.1, 0.15) is 0 Å². The second-order valence-electron chi connectivity index (χ2n) is 4.13. The Labute approximate surface area is 120 Å². The molecule has 0 heterocycles. The van der Waals surface area contributed by atoms with E-state index >= 15 is 0 Å². The Morgan fingerprint density at radius 1 is 1.21 bits per heavy atom. The number of halogens is 1. The maximum absolute atomic E-state index is 12.1. The summed E-state index contributed by atoms with van der Waals surface area (Å²) in [7, 11) is 0. The monoisotopic (exact) mass is 314 g/mol. The maximum Gasteiger partial charge on any atom is 0.255 e. The summed E-state index contributed by atoms with van der Waals surface area (Å²) in [6, 6.07) is 14.3. The zero-order valence-electron chi connectivity index (χ0n) is 10.3. The molecule has 0 saturated carbocycles. The number of nitrogens with zero attached hydrogens (tertiary/aromatic N) is 1. The summed E-state index contributed by atoms with van der Waals surface area (Å²) in [6.45, 7) is 1.96. The second-order valence-corrected chi connectivity index (χ2v) is 4.98. The van der Waals surface area contributed by atoms with Crippen molar-refractivity contribution in [1.29, 1.82) is 5.26 Å². The maximum atomic E-state index is 12.1. The normalized spacial score (nSPS) is 9.74. The van der Waals surface area contributed by atoms with E-state index in [-0.39, 0.29) is 5.91 Å². The highest BCUT2D eigenvalue weighted by Gasteiger charge is 2.08. The van der Waals surface area contributed by atoms with Crippen molar-refractivity contribution in [3.8, 4) is 6.07 Å². The van der Waals surface area contributed by atoms with Crippen LogP contribution in [0.15, 0.2) is 46.9 Å². The van der Waals surface area contributed by atoms with Crippen molar-refractivity contribution >= 4 is 27.5 Å². The Balaban J connectivity index is 2.21. The predicted octanol–water partition coefficient (Wildman–Crippen LogP) is 3.88. The van der Waals surface area contributed by atoms with E-state index in [0.717, 1.165) is 15.7 Å². The van der Waals surface area contributed by atoms with Crippen LogP contribution in [-0.4, -0.2) is 5.91 Å². The van der Waals surface area contributed by atoms with Crippen LogP contribution in [0.2, 0.25) is 0 Å². The van der Waals surface area contributed by atoms with Crippen molar-refractivity contribution in [2.45, 2.75) is 6.92 Å². The first-order valence-corrected chi connectivity index (χ1v) is 6.47. The fourth-order valence-corrected chi connectivity index (χ4v) is 1.97. The summed E-state index contributed by atoms with van der Waals surface area (Å²) < 4.78 is 0.833. The van der Waals surface area contributed by atoms with Crippen LogP contribution >= 0.6 is 15.9 Å². The van der Waals surface area contributed by atoms with Gasteiger partial charge < -0.3 is 5.32 Å². The van der Waals surface area contributed by atoms with Crippen LogP contribution in [0, 0.1) is 18.3 Å². The van der Waals surface area contributed by atoms with Gasteiger partial charge in [-0.1, -0.05) is 6.07 Å². The van der Waals surface area contributed by atoms with Crippen LogP contribution in [0.5, 0.6) is 0 Å². The van der Waals surface area contributed by atoms with Gasteiger partial charge >= 0.3 is 0 Å². The van der Waals surface area contributed by atoms with Crippen molar-refractivity contribution in [3.05, 3.63) is 63.6 Å². The molecule has 0 atom stereocenters. The third-order valence-corrected chi connectivity index (χ3v) is 3.34. The lowest BCUT2D eigenvalue weighted by molar-refractivity contribution is 0.102. The molecule has 1 amide bonds. The van der Waals surface area contributed by atoms with E-state index in [0.29, 0.717) is 11.1 Å². The largest absolute Gasteiger partial charge is 0.321 e. The van der Waals surface area contributed by atoms with Gasteiger partial charge in [-0.25, -0.2) is 0 Å². The molecule has 0 radical (unpaired) electrons. The lowest BCUT2D eigenvalue weighted by atomic mass is 10.1. The number of aryl methyl sites for hydroxylation is 1. The molecule has 2 aromatic rings. The summed E-state index contributed by atoms with van der Waals surface area (Å²) in [6.07, 6.45) is 0. The summed E-state index contributed by atoms with van der Waals surface area (Å²) in [5.74, 6) is -0.198. The zero-order valence-corrected chi connectivity index (χ0v) is 11.9. The summed E-state index contributed by atoms with van der Waals surface area (Å²) >= 11 is 3.40. The van der Waals surface area contributed by atoms with E-state index in [2.05, 4.69) is 21.2 Å². The van der Waals surface area contributed by atoms with Gasteiger partial charge in [-0.2, -0.15) is 5.26 Å². The van der Waals surface area contributed by atoms with Crippen LogP contribution in [0.4, 0.5) is 5.69 Å². The molecule has 0 fully saturated rings. The Morgan fingerprint density at radius 2 is 1.89 bits per heavy atom. The lowest BCUT2D eigenvalue weighted by Gasteiger charge is -2.08. The molecule has 1 N–H and O–H groups in total. The van der Waals surface area contributed by atoms with E-state index < -0.39 is 0 Å². The third-order valence-electron chi connectivity index (χ3n) is 2.65. The van der Waals surface area contributed by atoms with Gasteiger partial charge in [0.15, 0.2) is 0 Å². The zero-order chi connectivity index (χ0) is 13.8. The number of nitrogens with one attached hydrogen (secondary N) is 1. The van der Waals surface area contributed by atoms with Gasteiger partial charge in [0.05, 0.1) is 17.3 Å². The molecule has 0 aliphatic carbocycles. The van der Waals surface area contributed by atoms with E-state index in [9.17, 15) is 4.79 Å². The molecule has 2 rings (SSSR count). The smallest absolute Gasteiger partial charge is 0.255 e. The minimum absolute atomic E-state index is 0.198. The summed E-state index contributed by atoms with van der Waals surface area (Å²) in [5.41, 5.74) is 2.85. The number of anilines is 1. The molecule has 0 aliphatic heterocycles. The first kappa shape index (κ1) is 13.3. The van der Waals surface area contributed by atoms with E-state index in [1.807, 2.05) is 31.2 Å². The second kappa shape index (κ2) is 5.68. The standard InChI is InChI=1S/C15H11BrN2O/c1-10-2-7-13(16)14(8-10)18-15(19)12-5-3-11(9-17)4-6-12/h2-8H,1H3,(H,18,19). The van der Waals surface area contributed by atoms with Crippen molar-refractivity contribution in [2.75, 3.05) is 5.32 Å². The summed E-state index contributed by atoms with van der Waals surface area (Å²) in [4.78, 5) is 12.1. The van der Waals surface area contributed by atoms with Crippen LogP contribution < -0.4 is 5.32 Å². The molecule has 2 aromatic carbocycles. The number of hydrogen-bond donors (Lipinski definition) is 1. The van der Waals surface area contributed by atoms with Gasteiger partial charge in [-0.15, -0.1) is 0 Å². The molecular formula is C15H11BrN2O. The SMILES string of the molecule is Cc1ccc(Br)c(NC(=O)c2ccc(C#N)cc2)c1. The summed E-state index contributed by atoms with van der Waals surface area (Å²) in [5, 5.41) is 11.5. The van der Waals surface area contributed by atoms with Crippen molar-refractivity contribution in [3.63, 3.8) is 0 Å². The Hall–Kier alpha value is -2.12. The number of hydrogen-bond acceptors (Lipinski definition) is 2. The number of benzene rings is 2. The van der Waals surface area contributed by atoms with E-state index in [4.69, 9.17) is 5.26 Å². The van der Waals surface area contributed by atoms with E-state index in [1.54, 1.807) is 24.3 Å². The fraction of sp³-hybridized carbons (Fsp3) is 0.0667. The average Bonchev–Trinajstić information content (AvgIpc) is 2.43. The highest BCUT2D eigenvalue weighted by Crippen LogP contribution is 2.23. The Kier molecular flexibility index (Phi) is 3.98. The number of amides is 1. The number of rotatable bonds is 2. The van der Waals surface area contributed by atoms with Crippen LogP contribution in [0.3, 0.4) is 0 Å². The Bertz CT molecular complexity index is 657. The quantitative estimate of drug-likeness (QED) is 0.914. The predicted molar refractivity (Wildman–Crippen MR) is 78.0 cm³/mol. The molecular weight excluding hydrogens is 304 g/mol. The molecule has 3 nitrogen and oxygen atoms in total. The number of carbonyl (C=O) groups excluding carboxylic acids is 1. The highest BCUT2D eigenvalue weighted by molar-refractivity contribution is 9.10. The van der Waals surface area contributed by atoms with Crippen molar-refractivity contribution in [2.24, 2.45) is 0 Å². The highest BCUT2D eigenvalue weighted by atomic mass is 79.9. The third kappa shape index (κ3) is 3.21. The molecule has 0 unspecified atom stereocenters. The number of nitriles is 1. The minimum Gasteiger partial charge on any atom is -0.321 e. The first-order valence-electron chi connectivity index (χ1n) is 5.68. The minimum atomic E-state index is -0.198. The molecule has 0 spiro atoms. The van der Waals surface area contributed by atoms with Crippen LogP contribution in [0.1, 0.15) is 21.5 Å². The van der Waals surface area contributed by atoms with Gasteiger partial charge in [0, 0.05) is 10.0 Å². The van der Waals surface area contributed by atoms with Gasteiger partial charge in [-0.05, 0) is 64.8 Å². The molecule has 4 heteroatoms. The van der Waals surface area contributed by atoms with Crippen LogP contribution in [-0.2, 0) is 0 Å². The van der Waals surface area contributed by atoms with Gasteiger partial charge in [0.2, 0.25) is 0 Å². The molecule has 19 heavy (non-hydrogen) atoms. The molecule has 94 valence electrons. The van der Waals surface area contributed by atoms with Gasteiger partial charge in [-0.3, -0.25) is 4.79 Å². The van der Waals surface area contributed by atoms with Crippen molar-refractivity contribution < 1.29 is 4.79 Å². The van der Waals surface area contributed by atoms with Crippen molar-refractivity contribution in [1.82, 2.24) is 0 Å². The van der Waals surface area contributed by atoms with Crippen LogP contribution in [0.25, 0.3) is 0 Å². The Morgan fingerprint density at radius 3 is 2.53 bits per heavy atom. The van der Waals surface area contributed by atoms with E-state index in [1.165, 1.54) is 0 Å². The molecule has 0 saturated heterocycles. The number of carbonyl (C=O) groups is 1. The van der Waals surface area contributed by atoms with Gasteiger partial charge in [0.25, 0.3) is 5.91 Å². The lowest BCUT2D eigenvalue weighted by Crippen LogP contribution is -2.12. The molecule has 0 aliphatic rings.